The Morgan fingerprint density at radius 1 is 1.24 bits per heavy atom. The van der Waals surface area contributed by atoms with Crippen LogP contribution in [0.25, 0.3) is 11.0 Å². The van der Waals surface area contributed by atoms with Crippen LogP contribution >= 0.6 is 0 Å². The summed E-state index contributed by atoms with van der Waals surface area (Å²) in [5.41, 5.74) is 2.28. The Morgan fingerprint density at radius 2 is 2.00 bits per heavy atom. The minimum absolute atomic E-state index is 0. The lowest BCUT2D eigenvalue weighted by Crippen LogP contribution is -3.00. The van der Waals surface area contributed by atoms with Crippen LogP contribution in [0.3, 0.4) is 0 Å². The molecule has 0 saturated heterocycles. The second kappa shape index (κ2) is 13.6. The van der Waals surface area contributed by atoms with Crippen molar-refractivity contribution < 1.29 is 42.4 Å². The van der Waals surface area contributed by atoms with Crippen molar-refractivity contribution in [3.05, 3.63) is 57.1 Å². The van der Waals surface area contributed by atoms with Crippen molar-refractivity contribution in [2.24, 2.45) is 10.8 Å². The number of halogens is 2. The number of aromatic nitrogens is 3. The molecule has 0 unspecified atom stereocenters. The first-order chi connectivity index (χ1) is 19.6. The SMILES string of the molecule is CCCCC(C)(C)C(=O)OCC1(CCc2c(C)nc3n(c2=O)CCCC3)CCC(c2noc3cc(F)ccc23)CC1.[I-]. The second-order valence-electron chi connectivity index (χ2n) is 13.1. The Bertz CT molecular complexity index is 1460. The fourth-order valence-corrected chi connectivity index (χ4v) is 6.74. The predicted molar refractivity (Wildman–Crippen MR) is 156 cm³/mol. The molecule has 0 bridgehead atoms. The first-order valence-corrected chi connectivity index (χ1v) is 15.4. The number of carbonyl (C=O) groups is 1. The van der Waals surface area contributed by atoms with Gasteiger partial charge >= 0.3 is 5.97 Å². The molecule has 0 atom stereocenters. The highest BCUT2D eigenvalue weighted by atomic mass is 127. The molecule has 42 heavy (non-hydrogen) atoms. The van der Waals surface area contributed by atoms with E-state index >= 15 is 0 Å². The van der Waals surface area contributed by atoms with Gasteiger partial charge in [-0.1, -0.05) is 24.9 Å². The van der Waals surface area contributed by atoms with E-state index < -0.39 is 5.41 Å². The van der Waals surface area contributed by atoms with Crippen LogP contribution < -0.4 is 29.5 Å². The Hall–Kier alpha value is -2.30. The van der Waals surface area contributed by atoms with Crippen LogP contribution in [0.15, 0.2) is 27.5 Å². The van der Waals surface area contributed by atoms with Crippen LogP contribution in [0.2, 0.25) is 0 Å². The van der Waals surface area contributed by atoms with E-state index in [0.717, 1.165) is 105 Å². The predicted octanol–water partition coefficient (Wildman–Crippen LogP) is 4.21. The quantitative estimate of drug-likeness (QED) is 0.234. The molecular formula is C33H44FIN3O4-. The molecule has 9 heteroatoms. The van der Waals surface area contributed by atoms with E-state index in [1.54, 1.807) is 6.07 Å². The molecule has 0 amide bonds. The zero-order chi connectivity index (χ0) is 29.2. The van der Waals surface area contributed by atoms with Gasteiger partial charge in [-0.2, -0.15) is 0 Å². The van der Waals surface area contributed by atoms with Gasteiger partial charge in [-0.3, -0.25) is 14.2 Å². The van der Waals surface area contributed by atoms with Crippen LogP contribution in [-0.2, 0) is 28.9 Å². The van der Waals surface area contributed by atoms with Crippen LogP contribution in [0.1, 0.15) is 114 Å². The fraction of sp³-hybridized carbons (Fsp3) is 0.636. The molecule has 1 aromatic carbocycles. The standard InChI is InChI=1S/C33H44FN3O4.HI/c1-5-6-15-32(3,4)31(39)40-21-33(18-14-25-22(2)35-28-9-7-8-19-37(28)30(25)38)16-12-23(13-17-33)29-26-11-10-24(34)20-27(26)41-36-29;/h10-11,20,23H,5-9,12-19,21H2,1-4H3;1H/p-1. The van der Waals surface area contributed by atoms with Gasteiger partial charge in [0.15, 0.2) is 5.58 Å². The zero-order valence-corrected chi connectivity index (χ0v) is 27.6. The van der Waals surface area contributed by atoms with E-state index in [4.69, 9.17) is 14.2 Å². The maximum absolute atomic E-state index is 13.7. The molecule has 2 aromatic heterocycles. The Labute approximate surface area is 265 Å². The number of carbonyl (C=O) groups excluding carboxylic acids is 1. The van der Waals surface area contributed by atoms with E-state index in [2.05, 4.69) is 12.1 Å². The minimum atomic E-state index is -0.527. The van der Waals surface area contributed by atoms with Gasteiger partial charge in [0.25, 0.3) is 5.56 Å². The topological polar surface area (TPSA) is 87.2 Å². The zero-order valence-electron chi connectivity index (χ0n) is 25.4. The third-order valence-corrected chi connectivity index (χ3v) is 9.60. The third kappa shape index (κ3) is 6.91. The van der Waals surface area contributed by atoms with Crippen molar-refractivity contribution in [3.8, 4) is 0 Å². The van der Waals surface area contributed by atoms with Crippen molar-refractivity contribution in [1.29, 1.82) is 0 Å². The molecule has 0 radical (unpaired) electrons. The van der Waals surface area contributed by atoms with E-state index in [1.807, 2.05) is 25.3 Å². The van der Waals surface area contributed by atoms with E-state index in [0.29, 0.717) is 18.6 Å². The Morgan fingerprint density at radius 3 is 2.74 bits per heavy atom. The van der Waals surface area contributed by atoms with Gasteiger partial charge in [-0.05, 0) is 90.7 Å². The van der Waals surface area contributed by atoms with Crippen LogP contribution in [0.4, 0.5) is 4.39 Å². The highest BCUT2D eigenvalue weighted by Crippen LogP contribution is 2.47. The summed E-state index contributed by atoms with van der Waals surface area (Å²) in [6, 6.07) is 4.58. The summed E-state index contributed by atoms with van der Waals surface area (Å²) in [5, 5.41) is 5.18. The lowest BCUT2D eigenvalue weighted by Gasteiger charge is -2.40. The average Bonchev–Trinajstić information content (AvgIpc) is 3.38. The second-order valence-corrected chi connectivity index (χ2v) is 13.1. The van der Waals surface area contributed by atoms with Crippen molar-refractivity contribution in [1.82, 2.24) is 14.7 Å². The van der Waals surface area contributed by atoms with Gasteiger partial charge in [0.2, 0.25) is 0 Å². The van der Waals surface area contributed by atoms with Gasteiger partial charge < -0.3 is 33.2 Å². The number of esters is 1. The highest BCUT2D eigenvalue weighted by Gasteiger charge is 2.40. The summed E-state index contributed by atoms with van der Waals surface area (Å²) in [6.45, 7) is 9.10. The van der Waals surface area contributed by atoms with Crippen molar-refractivity contribution in [3.63, 3.8) is 0 Å². The summed E-state index contributed by atoms with van der Waals surface area (Å²) in [4.78, 5) is 31.5. The number of fused-ring (bicyclic) bond motifs is 2. The third-order valence-electron chi connectivity index (χ3n) is 9.60. The number of ether oxygens (including phenoxy) is 1. The monoisotopic (exact) mass is 692 g/mol. The molecule has 1 fully saturated rings. The fourth-order valence-electron chi connectivity index (χ4n) is 6.74. The molecule has 3 aromatic rings. The van der Waals surface area contributed by atoms with Gasteiger partial charge in [0.05, 0.1) is 17.7 Å². The van der Waals surface area contributed by atoms with Crippen LogP contribution in [0.5, 0.6) is 0 Å². The lowest BCUT2D eigenvalue weighted by atomic mass is 9.67. The summed E-state index contributed by atoms with van der Waals surface area (Å²) >= 11 is 0. The van der Waals surface area contributed by atoms with Crippen LogP contribution in [-0.4, -0.2) is 27.3 Å². The van der Waals surface area contributed by atoms with Crippen molar-refractivity contribution >= 4 is 16.9 Å². The van der Waals surface area contributed by atoms with Crippen molar-refractivity contribution in [2.75, 3.05) is 6.61 Å². The molecule has 2 aliphatic rings. The molecule has 0 spiro atoms. The molecule has 0 N–H and O–H groups in total. The highest BCUT2D eigenvalue weighted by molar-refractivity contribution is 5.80. The van der Waals surface area contributed by atoms with E-state index in [9.17, 15) is 14.0 Å². The molecular weight excluding hydrogens is 648 g/mol. The van der Waals surface area contributed by atoms with E-state index in [1.165, 1.54) is 12.1 Å². The van der Waals surface area contributed by atoms with Gasteiger partial charge in [0, 0.05) is 47.0 Å². The maximum Gasteiger partial charge on any atom is 0.311 e. The lowest BCUT2D eigenvalue weighted by molar-refractivity contribution is -0.159. The number of aryl methyl sites for hydroxylation is 2. The number of nitrogens with zero attached hydrogens (tertiary/aromatic N) is 3. The molecule has 7 nitrogen and oxygen atoms in total. The molecule has 5 rings (SSSR count). The Balaban J connectivity index is 0.00000405. The summed E-state index contributed by atoms with van der Waals surface area (Å²) in [5.74, 6) is 0.600. The maximum atomic E-state index is 13.7. The molecule has 3 heterocycles. The largest absolute Gasteiger partial charge is 1.00 e. The molecule has 230 valence electrons. The number of unbranched alkanes of at least 4 members (excludes halogenated alkanes) is 1. The molecule has 1 aliphatic carbocycles. The minimum Gasteiger partial charge on any atom is -1.00 e. The van der Waals surface area contributed by atoms with Crippen LogP contribution in [0, 0.1) is 23.6 Å². The number of hydrogen-bond acceptors (Lipinski definition) is 6. The molecule has 1 aliphatic heterocycles. The normalized spacial score (nSPS) is 20.6. The first kappa shape index (κ1) is 32.6. The summed E-state index contributed by atoms with van der Waals surface area (Å²) in [7, 11) is 0. The average molecular weight is 693 g/mol. The van der Waals surface area contributed by atoms with Gasteiger partial charge in [0.1, 0.15) is 11.6 Å². The molecule has 1 saturated carbocycles. The first-order valence-electron chi connectivity index (χ1n) is 15.4. The summed E-state index contributed by atoms with van der Waals surface area (Å²) in [6.07, 6.45) is 10.5. The Kier molecular flexibility index (Phi) is 10.5. The number of rotatable bonds is 10. The van der Waals surface area contributed by atoms with Gasteiger partial charge in [-0.25, -0.2) is 9.37 Å². The smallest absolute Gasteiger partial charge is 0.311 e. The number of hydrogen-bond donors (Lipinski definition) is 0. The van der Waals surface area contributed by atoms with Crippen molar-refractivity contribution in [2.45, 2.75) is 117 Å². The summed E-state index contributed by atoms with van der Waals surface area (Å²) < 4.78 is 27.1. The van der Waals surface area contributed by atoms with Gasteiger partial charge in [-0.15, -0.1) is 0 Å². The van der Waals surface area contributed by atoms with E-state index in [-0.39, 0.29) is 52.7 Å². The number of benzene rings is 1.